The number of hydrogen-bond donors (Lipinski definition) is 0. The second-order valence-corrected chi connectivity index (χ2v) is 10.6. The molecule has 0 aromatic rings. The standard InChI is InChI=1S/C23H43BO2/c1-6-7-8-9-18-10-12-19(13-11-18)20-14-16-21(17-15-20)24-25-22(2,3)23(4,5)26-24/h18-21H,6-17H2,1-5H3. The van der Waals surface area contributed by atoms with Crippen molar-refractivity contribution in [1.29, 1.82) is 0 Å². The zero-order valence-electron chi connectivity index (χ0n) is 18.2. The molecular formula is C23H43BO2. The van der Waals surface area contributed by atoms with Gasteiger partial charge in [-0.2, -0.15) is 0 Å². The Bertz CT molecular complexity index is 415. The molecule has 0 aromatic heterocycles. The Morgan fingerprint density at radius 2 is 1.23 bits per heavy atom. The molecular weight excluding hydrogens is 319 g/mol. The van der Waals surface area contributed by atoms with E-state index in [1.807, 2.05) is 0 Å². The Balaban J connectivity index is 1.40. The van der Waals surface area contributed by atoms with Crippen molar-refractivity contribution in [3.63, 3.8) is 0 Å². The quantitative estimate of drug-likeness (QED) is 0.373. The van der Waals surface area contributed by atoms with Crippen molar-refractivity contribution in [1.82, 2.24) is 0 Å². The van der Waals surface area contributed by atoms with Gasteiger partial charge in [-0.15, -0.1) is 0 Å². The number of rotatable bonds is 6. The van der Waals surface area contributed by atoms with Crippen LogP contribution in [0.25, 0.3) is 0 Å². The van der Waals surface area contributed by atoms with Gasteiger partial charge in [-0.05, 0) is 64.1 Å². The molecule has 0 amide bonds. The highest BCUT2D eigenvalue weighted by atomic mass is 16.7. The summed E-state index contributed by atoms with van der Waals surface area (Å²) in [5.74, 6) is 3.64. The minimum Gasteiger partial charge on any atom is -0.403 e. The normalized spacial score (nSPS) is 37.0. The van der Waals surface area contributed by atoms with Crippen molar-refractivity contribution in [3.8, 4) is 0 Å². The van der Waals surface area contributed by atoms with Gasteiger partial charge in [0.25, 0.3) is 0 Å². The zero-order chi connectivity index (χ0) is 18.8. The highest BCUT2D eigenvalue weighted by Crippen LogP contribution is 2.48. The molecule has 0 radical (unpaired) electrons. The minimum atomic E-state index is -0.176. The first kappa shape index (κ1) is 20.7. The minimum absolute atomic E-state index is 0.0234. The predicted molar refractivity (Wildman–Crippen MR) is 111 cm³/mol. The molecule has 3 rings (SSSR count). The highest BCUT2D eigenvalue weighted by Gasteiger charge is 2.54. The van der Waals surface area contributed by atoms with Gasteiger partial charge >= 0.3 is 7.12 Å². The molecule has 1 heterocycles. The Hall–Kier alpha value is -0.0151. The van der Waals surface area contributed by atoms with E-state index in [0.29, 0.717) is 5.82 Å². The molecule has 1 saturated heterocycles. The molecule has 2 aliphatic carbocycles. The van der Waals surface area contributed by atoms with Crippen molar-refractivity contribution in [3.05, 3.63) is 0 Å². The second kappa shape index (κ2) is 8.56. The van der Waals surface area contributed by atoms with Gasteiger partial charge in [0.05, 0.1) is 11.2 Å². The monoisotopic (exact) mass is 362 g/mol. The SMILES string of the molecule is CCCCCC1CCC(C2CCC(B3OC(C)(C)C(C)(C)O3)CC2)CC1. The van der Waals surface area contributed by atoms with Crippen LogP contribution in [0, 0.1) is 17.8 Å². The maximum absolute atomic E-state index is 6.32. The molecule has 0 aromatic carbocycles. The van der Waals surface area contributed by atoms with Gasteiger partial charge in [0.1, 0.15) is 0 Å². The lowest BCUT2D eigenvalue weighted by molar-refractivity contribution is 0.00578. The molecule has 2 saturated carbocycles. The van der Waals surface area contributed by atoms with E-state index in [0.717, 1.165) is 17.8 Å². The van der Waals surface area contributed by atoms with E-state index in [1.54, 1.807) is 0 Å². The van der Waals surface area contributed by atoms with Gasteiger partial charge in [0, 0.05) is 0 Å². The molecule has 2 nitrogen and oxygen atoms in total. The Morgan fingerprint density at radius 1 is 0.731 bits per heavy atom. The summed E-state index contributed by atoms with van der Waals surface area (Å²) < 4.78 is 12.6. The second-order valence-electron chi connectivity index (χ2n) is 10.6. The summed E-state index contributed by atoms with van der Waals surface area (Å²) in [4.78, 5) is 0. The topological polar surface area (TPSA) is 18.5 Å². The maximum Gasteiger partial charge on any atom is 0.461 e. The average Bonchev–Trinajstić information content (AvgIpc) is 2.84. The van der Waals surface area contributed by atoms with Gasteiger partial charge in [0.15, 0.2) is 0 Å². The van der Waals surface area contributed by atoms with E-state index in [1.165, 1.54) is 77.0 Å². The summed E-state index contributed by atoms with van der Waals surface area (Å²) in [5, 5.41) is 0. The highest BCUT2D eigenvalue weighted by molar-refractivity contribution is 6.47. The Morgan fingerprint density at radius 3 is 1.73 bits per heavy atom. The van der Waals surface area contributed by atoms with Crippen LogP contribution in [0.3, 0.4) is 0 Å². The largest absolute Gasteiger partial charge is 0.461 e. The van der Waals surface area contributed by atoms with Crippen LogP contribution in [-0.2, 0) is 9.31 Å². The fourth-order valence-corrected chi connectivity index (χ4v) is 5.60. The summed E-state index contributed by atoms with van der Waals surface area (Å²) in [6.07, 6.45) is 17.2. The van der Waals surface area contributed by atoms with Crippen molar-refractivity contribution in [2.75, 3.05) is 0 Å². The first-order valence-electron chi connectivity index (χ1n) is 11.7. The van der Waals surface area contributed by atoms with Crippen LogP contribution in [0.5, 0.6) is 0 Å². The molecule has 0 spiro atoms. The molecule has 0 N–H and O–H groups in total. The molecule has 0 unspecified atom stereocenters. The molecule has 3 aliphatic rings. The fourth-order valence-electron chi connectivity index (χ4n) is 5.60. The predicted octanol–water partition coefficient (Wildman–Crippen LogP) is 7.03. The van der Waals surface area contributed by atoms with Gasteiger partial charge < -0.3 is 9.31 Å². The lowest BCUT2D eigenvalue weighted by atomic mass is 9.60. The van der Waals surface area contributed by atoms with Crippen LogP contribution >= 0.6 is 0 Å². The van der Waals surface area contributed by atoms with Gasteiger partial charge in [-0.1, -0.05) is 71.1 Å². The Kier molecular flexibility index (Phi) is 6.82. The average molecular weight is 362 g/mol. The third-order valence-corrected chi connectivity index (χ3v) is 8.25. The van der Waals surface area contributed by atoms with E-state index >= 15 is 0 Å². The molecule has 3 heteroatoms. The third kappa shape index (κ3) is 4.69. The van der Waals surface area contributed by atoms with E-state index in [2.05, 4.69) is 34.6 Å². The summed E-state index contributed by atoms with van der Waals surface area (Å²) in [7, 11) is 0.0234. The van der Waals surface area contributed by atoms with Crippen LogP contribution in [0.4, 0.5) is 0 Å². The van der Waals surface area contributed by atoms with Crippen LogP contribution in [0.2, 0.25) is 5.82 Å². The van der Waals surface area contributed by atoms with Crippen molar-refractivity contribution < 1.29 is 9.31 Å². The molecule has 26 heavy (non-hydrogen) atoms. The summed E-state index contributed by atoms with van der Waals surface area (Å²) >= 11 is 0. The van der Waals surface area contributed by atoms with Crippen LogP contribution in [0.15, 0.2) is 0 Å². The van der Waals surface area contributed by atoms with Gasteiger partial charge in [0.2, 0.25) is 0 Å². The zero-order valence-corrected chi connectivity index (χ0v) is 18.2. The first-order valence-corrected chi connectivity index (χ1v) is 11.7. The van der Waals surface area contributed by atoms with Crippen molar-refractivity contribution >= 4 is 7.12 Å². The summed E-state index contributed by atoms with van der Waals surface area (Å²) in [6.45, 7) is 11.0. The molecule has 150 valence electrons. The van der Waals surface area contributed by atoms with E-state index in [4.69, 9.17) is 9.31 Å². The first-order chi connectivity index (χ1) is 12.3. The van der Waals surface area contributed by atoms with Gasteiger partial charge in [-0.25, -0.2) is 0 Å². The van der Waals surface area contributed by atoms with E-state index < -0.39 is 0 Å². The molecule has 1 aliphatic heterocycles. The summed E-state index contributed by atoms with van der Waals surface area (Å²) in [5.41, 5.74) is -0.352. The smallest absolute Gasteiger partial charge is 0.403 e. The van der Waals surface area contributed by atoms with E-state index in [9.17, 15) is 0 Å². The van der Waals surface area contributed by atoms with Crippen LogP contribution < -0.4 is 0 Å². The fraction of sp³-hybridized carbons (Fsp3) is 1.00. The van der Waals surface area contributed by atoms with Crippen molar-refractivity contribution in [2.24, 2.45) is 17.8 Å². The molecule has 0 bridgehead atoms. The van der Waals surface area contributed by atoms with Crippen LogP contribution in [0.1, 0.15) is 112 Å². The van der Waals surface area contributed by atoms with E-state index in [-0.39, 0.29) is 18.3 Å². The van der Waals surface area contributed by atoms with Crippen molar-refractivity contribution in [2.45, 2.75) is 129 Å². The van der Waals surface area contributed by atoms with Gasteiger partial charge in [-0.3, -0.25) is 0 Å². The Labute approximate surface area is 163 Å². The summed E-state index contributed by atoms with van der Waals surface area (Å²) in [6, 6.07) is 0. The van der Waals surface area contributed by atoms with Crippen LogP contribution in [-0.4, -0.2) is 18.3 Å². The lowest BCUT2D eigenvalue weighted by Gasteiger charge is -2.38. The maximum atomic E-state index is 6.32. The number of hydrogen-bond acceptors (Lipinski definition) is 2. The molecule has 3 fully saturated rings. The third-order valence-electron chi connectivity index (χ3n) is 8.25. The lowest BCUT2D eigenvalue weighted by Crippen LogP contribution is -2.41. The number of unbranched alkanes of at least 4 members (excludes halogenated alkanes) is 2. The molecule has 0 atom stereocenters.